The van der Waals surface area contributed by atoms with Crippen molar-refractivity contribution in [1.82, 2.24) is 24.9 Å². The molecule has 0 bridgehead atoms. The number of rotatable bonds is 3. The van der Waals surface area contributed by atoms with Gasteiger partial charge in [-0.15, -0.1) is 0 Å². The molecule has 4 rings (SSSR count). The number of nitrogens with one attached hydrogen (secondary N) is 2. The molecule has 8 heteroatoms. The third kappa shape index (κ3) is 3.52. The molecule has 1 aromatic carbocycles. The van der Waals surface area contributed by atoms with Gasteiger partial charge in [0.15, 0.2) is 0 Å². The van der Waals surface area contributed by atoms with E-state index in [1.807, 2.05) is 54.6 Å². The molecule has 1 aliphatic rings. The molecule has 2 aromatic heterocycles. The number of nitrogens with zero attached hydrogens (tertiary/aromatic N) is 4. The summed E-state index contributed by atoms with van der Waals surface area (Å²) in [6.07, 6.45) is 3.23. The van der Waals surface area contributed by atoms with Gasteiger partial charge in [-0.05, 0) is 44.0 Å². The summed E-state index contributed by atoms with van der Waals surface area (Å²) < 4.78 is 9.51. The molecule has 1 aliphatic heterocycles. The number of carbonyl (C=O) groups excluding carboxylic acids is 1. The lowest BCUT2D eigenvalue weighted by Gasteiger charge is -2.30. The number of fused-ring (bicyclic) bond motifs is 1. The third-order valence-corrected chi connectivity index (χ3v) is 5.20. The van der Waals surface area contributed by atoms with E-state index in [1.54, 1.807) is 6.20 Å². The standard InChI is InChI=1S/C19H24N6O2/c1-12-15-5-4-13(10-16(15)23-24(12)2)21-19(26)22-14-7-9-27-18(11-14)17-6-8-20-25(17)3/h4-6,8,10,14,18H,7,9,11H2,1-3H3,(H2,21,22,26). The van der Waals surface area contributed by atoms with Crippen LogP contribution in [0, 0.1) is 6.92 Å². The Bertz CT molecular complexity index is 976. The molecule has 8 nitrogen and oxygen atoms in total. The molecular weight excluding hydrogens is 344 g/mol. The molecule has 1 saturated heterocycles. The number of hydrogen-bond acceptors (Lipinski definition) is 4. The number of carbonyl (C=O) groups is 1. The molecule has 2 atom stereocenters. The minimum absolute atomic E-state index is 0.0515. The van der Waals surface area contributed by atoms with E-state index in [9.17, 15) is 4.79 Å². The zero-order chi connectivity index (χ0) is 19.0. The summed E-state index contributed by atoms with van der Waals surface area (Å²) in [6.45, 7) is 2.64. The number of anilines is 1. The van der Waals surface area contributed by atoms with E-state index in [0.29, 0.717) is 6.61 Å². The first kappa shape index (κ1) is 17.5. The highest BCUT2D eigenvalue weighted by molar-refractivity contribution is 5.93. The van der Waals surface area contributed by atoms with E-state index >= 15 is 0 Å². The van der Waals surface area contributed by atoms with Gasteiger partial charge in [-0.3, -0.25) is 9.36 Å². The normalized spacial score (nSPS) is 20.0. The van der Waals surface area contributed by atoms with Crippen LogP contribution in [0.1, 0.15) is 30.3 Å². The van der Waals surface area contributed by atoms with Gasteiger partial charge < -0.3 is 15.4 Å². The molecule has 2 amide bonds. The van der Waals surface area contributed by atoms with Gasteiger partial charge in [-0.2, -0.15) is 10.2 Å². The number of urea groups is 1. The Labute approximate surface area is 157 Å². The predicted octanol–water partition coefficient (Wildman–Crippen LogP) is 2.66. The van der Waals surface area contributed by atoms with Crippen molar-refractivity contribution in [3.63, 3.8) is 0 Å². The van der Waals surface area contributed by atoms with Crippen molar-refractivity contribution in [2.24, 2.45) is 14.1 Å². The van der Waals surface area contributed by atoms with E-state index in [2.05, 4.69) is 20.8 Å². The average Bonchev–Trinajstić information content (AvgIpc) is 3.18. The summed E-state index contributed by atoms with van der Waals surface area (Å²) >= 11 is 0. The molecule has 27 heavy (non-hydrogen) atoms. The van der Waals surface area contributed by atoms with Crippen LogP contribution in [0.3, 0.4) is 0 Å². The first-order valence-electron chi connectivity index (χ1n) is 9.11. The highest BCUT2D eigenvalue weighted by atomic mass is 16.5. The van der Waals surface area contributed by atoms with Crippen molar-refractivity contribution in [3.05, 3.63) is 41.9 Å². The molecule has 1 fully saturated rings. The largest absolute Gasteiger partial charge is 0.372 e. The van der Waals surface area contributed by atoms with Gasteiger partial charge in [0.25, 0.3) is 0 Å². The first-order chi connectivity index (χ1) is 13.0. The van der Waals surface area contributed by atoms with Crippen LogP contribution in [-0.4, -0.2) is 38.2 Å². The first-order valence-corrected chi connectivity index (χ1v) is 9.11. The maximum Gasteiger partial charge on any atom is 0.319 e. The third-order valence-electron chi connectivity index (χ3n) is 5.20. The number of amides is 2. The summed E-state index contributed by atoms with van der Waals surface area (Å²) in [5.41, 5.74) is 3.73. The van der Waals surface area contributed by atoms with E-state index in [4.69, 9.17) is 4.74 Å². The van der Waals surface area contributed by atoms with E-state index < -0.39 is 0 Å². The van der Waals surface area contributed by atoms with Crippen LogP contribution < -0.4 is 10.6 Å². The van der Waals surface area contributed by atoms with Gasteiger partial charge in [0, 0.05) is 49.7 Å². The van der Waals surface area contributed by atoms with Crippen LogP contribution in [0.4, 0.5) is 10.5 Å². The van der Waals surface area contributed by atoms with E-state index in [-0.39, 0.29) is 18.2 Å². The summed E-state index contributed by atoms with van der Waals surface area (Å²) in [6, 6.07) is 7.58. The molecule has 0 saturated carbocycles. The Hall–Kier alpha value is -2.87. The van der Waals surface area contributed by atoms with Crippen LogP contribution in [0.15, 0.2) is 30.5 Å². The lowest BCUT2D eigenvalue weighted by Crippen LogP contribution is -2.42. The second-order valence-electron chi connectivity index (χ2n) is 7.00. The lowest BCUT2D eigenvalue weighted by molar-refractivity contribution is -0.00204. The van der Waals surface area contributed by atoms with Gasteiger partial charge in [-0.1, -0.05) is 0 Å². The SMILES string of the molecule is Cc1c2ccc(NC(=O)NC3CCOC(c4ccnn4C)C3)cc2nn1C. The maximum absolute atomic E-state index is 12.4. The average molecular weight is 368 g/mol. The predicted molar refractivity (Wildman–Crippen MR) is 103 cm³/mol. The minimum Gasteiger partial charge on any atom is -0.372 e. The minimum atomic E-state index is -0.211. The molecule has 0 aliphatic carbocycles. The van der Waals surface area contributed by atoms with Crippen molar-refractivity contribution in [2.45, 2.75) is 31.9 Å². The van der Waals surface area contributed by atoms with Crippen LogP contribution in [-0.2, 0) is 18.8 Å². The zero-order valence-corrected chi connectivity index (χ0v) is 15.8. The molecule has 0 spiro atoms. The van der Waals surface area contributed by atoms with Crippen molar-refractivity contribution in [1.29, 1.82) is 0 Å². The topological polar surface area (TPSA) is 86.0 Å². The Balaban J connectivity index is 1.39. The Morgan fingerprint density at radius 3 is 2.89 bits per heavy atom. The molecule has 0 radical (unpaired) electrons. The summed E-state index contributed by atoms with van der Waals surface area (Å²) in [5, 5.41) is 15.7. The number of ether oxygens (including phenoxy) is 1. The smallest absolute Gasteiger partial charge is 0.319 e. The molecule has 2 N–H and O–H groups in total. The van der Waals surface area contributed by atoms with Gasteiger partial charge >= 0.3 is 6.03 Å². The number of hydrogen-bond donors (Lipinski definition) is 2. The molecule has 3 aromatic rings. The Kier molecular flexibility index (Phi) is 4.57. The quantitative estimate of drug-likeness (QED) is 0.744. The van der Waals surface area contributed by atoms with Crippen LogP contribution >= 0.6 is 0 Å². The lowest BCUT2D eigenvalue weighted by atomic mass is 10.0. The van der Waals surface area contributed by atoms with Crippen LogP contribution in [0.2, 0.25) is 0 Å². The maximum atomic E-state index is 12.4. The van der Waals surface area contributed by atoms with Gasteiger partial charge in [0.1, 0.15) is 6.10 Å². The fraction of sp³-hybridized carbons (Fsp3) is 0.421. The highest BCUT2D eigenvalue weighted by Crippen LogP contribution is 2.27. The second kappa shape index (κ2) is 7.03. The van der Waals surface area contributed by atoms with Crippen LogP contribution in [0.25, 0.3) is 10.9 Å². The Morgan fingerprint density at radius 2 is 2.11 bits per heavy atom. The molecule has 2 unspecified atom stereocenters. The number of aromatic nitrogens is 4. The van der Waals surface area contributed by atoms with Crippen molar-refractivity contribution in [3.8, 4) is 0 Å². The van der Waals surface area contributed by atoms with E-state index in [1.165, 1.54) is 0 Å². The van der Waals surface area contributed by atoms with Gasteiger partial charge in [0.2, 0.25) is 0 Å². The van der Waals surface area contributed by atoms with E-state index in [0.717, 1.165) is 40.8 Å². The second-order valence-corrected chi connectivity index (χ2v) is 7.00. The summed E-state index contributed by atoms with van der Waals surface area (Å²) in [4.78, 5) is 12.4. The number of benzene rings is 1. The number of aryl methyl sites for hydroxylation is 3. The highest BCUT2D eigenvalue weighted by Gasteiger charge is 2.26. The fourth-order valence-corrected chi connectivity index (χ4v) is 3.60. The Morgan fingerprint density at radius 1 is 1.26 bits per heavy atom. The molecule has 3 heterocycles. The molecular formula is C19H24N6O2. The van der Waals surface area contributed by atoms with Crippen molar-refractivity contribution < 1.29 is 9.53 Å². The van der Waals surface area contributed by atoms with Crippen LogP contribution in [0.5, 0.6) is 0 Å². The summed E-state index contributed by atoms with van der Waals surface area (Å²) in [7, 11) is 3.82. The molecule has 142 valence electrons. The monoisotopic (exact) mass is 368 g/mol. The van der Waals surface area contributed by atoms with Gasteiger partial charge in [-0.25, -0.2) is 4.79 Å². The fourth-order valence-electron chi connectivity index (χ4n) is 3.60. The zero-order valence-electron chi connectivity index (χ0n) is 15.8. The summed E-state index contributed by atoms with van der Waals surface area (Å²) in [5.74, 6) is 0. The van der Waals surface area contributed by atoms with Gasteiger partial charge in [0.05, 0.1) is 11.2 Å². The van der Waals surface area contributed by atoms with Crippen molar-refractivity contribution in [2.75, 3.05) is 11.9 Å². The van der Waals surface area contributed by atoms with Crippen molar-refractivity contribution >= 4 is 22.6 Å².